The molecule has 0 spiro atoms. The Bertz CT molecular complexity index is 579. The van der Waals surface area contributed by atoms with Crippen LogP contribution in [0.1, 0.15) is 31.0 Å². The quantitative estimate of drug-likeness (QED) is 0.820. The number of benzene rings is 1. The highest BCUT2D eigenvalue weighted by molar-refractivity contribution is 5.80. The van der Waals surface area contributed by atoms with E-state index in [1.807, 2.05) is 12.1 Å². The molecule has 1 aliphatic heterocycles. The zero-order valence-corrected chi connectivity index (χ0v) is 10.7. The maximum Gasteiger partial charge on any atom is 0.163 e. The largest absolute Gasteiger partial charge is 0.486 e. The van der Waals surface area contributed by atoms with Gasteiger partial charge in [0.15, 0.2) is 11.5 Å². The van der Waals surface area contributed by atoms with Crippen LogP contribution in [-0.2, 0) is 0 Å². The van der Waals surface area contributed by atoms with Crippen LogP contribution in [0.2, 0.25) is 0 Å². The maximum atomic E-state index is 5.97. The number of rotatable bonds is 1. The lowest BCUT2D eigenvalue weighted by Gasteiger charge is -2.17. The first kappa shape index (κ1) is 11.1. The van der Waals surface area contributed by atoms with E-state index in [0.717, 1.165) is 47.6 Å². The van der Waals surface area contributed by atoms with Crippen molar-refractivity contribution in [2.45, 2.75) is 31.2 Å². The number of ether oxygens (including phenoxy) is 2. The number of hydrogen-bond donors (Lipinski definition) is 2. The topological polar surface area (TPSA) is 73.2 Å². The summed E-state index contributed by atoms with van der Waals surface area (Å²) < 4.78 is 11.2. The van der Waals surface area contributed by atoms with Gasteiger partial charge in [-0.2, -0.15) is 0 Å². The van der Waals surface area contributed by atoms with Crippen LogP contribution in [0.3, 0.4) is 0 Å². The van der Waals surface area contributed by atoms with Gasteiger partial charge in [0, 0.05) is 24.1 Å². The van der Waals surface area contributed by atoms with Gasteiger partial charge in [0.25, 0.3) is 0 Å². The van der Waals surface area contributed by atoms with Crippen LogP contribution in [0.5, 0.6) is 11.5 Å². The Balaban J connectivity index is 1.74. The molecule has 1 aliphatic carbocycles. The van der Waals surface area contributed by atoms with Crippen molar-refractivity contribution in [1.82, 2.24) is 9.97 Å². The predicted octanol–water partition coefficient (Wildman–Crippen LogP) is 1.93. The van der Waals surface area contributed by atoms with Gasteiger partial charge >= 0.3 is 0 Å². The second kappa shape index (κ2) is 4.13. The number of aromatic nitrogens is 2. The molecule has 1 aromatic heterocycles. The number of nitrogens with two attached hydrogens (primary N) is 1. The number of imidazole rings is 1. The third-order valence-corrected chi connectivity index (χ3v) is 4.02. The van der Waals surface area contributed by atoms with Crippen molar-refractivity contribution in [2.24, 2.45) is 5.73 Å². The van der Waals surface area contributed by atoms with E-state index in [4.69, 9.17) is 20.2 Å². The summed E-state index contributed by atoms with van der Waals surface area (Å²) in [5, 5.41) is 0. The molecular weight excluding hydrogens is 242 g/mol. The molecule has 2 aliphatic rings. The predicted molar refractivity (Wildman–Crippen MR) is 71.7 cm³/mol. The van der Waals surface area contributed by atoms with Crippen LogP contribution >= 0.6 is 0 Å². The molecule has 2 aromatic rings. The number of nitrogens with zero attached hydrogens (tertiary/aromatic N) is 1. The van der Waals surface area contributed by atoms with Crippen molar-refractivity contribution >= 4 is 11.0 Å². The smallest absolute Gasteiger partial charge is 0.163 e. The fourth-order valence-electron chi connectivity index (χ4n) is 3.02. The molecule has 3 N–H and O–H groups in total. The van der Waals surface area contributed by atoms with Crippen LogP contribution in [0, 0.1) is 0 Å². The van der Waals surface area contributed by atoms with E-state index in [1.54, 1.807) is 0 Å². The van der Waals surface area contributed by atoms with Crippen molar-refractivity contribution in [3.63, 3.8) is 0 Å². The summed E-state index contributed by atoms with van der Waals surface area (Å²) in [6.45, 7) is 1.21. The average Bonchev–Trinajstić information content (AvgIpc) is 3.01. The Labute approximate surface area is 111 Å². The zero-order chi connectivity index (χ0) is 12.8. The van der Waals surface area contributed by atoms with Crippen LogP contribution in [0.4, 0.5) is 0 Å². The maximum absolute atomic E-state index is 5.97. The Morgan fingerprint density at radius 2 is 1.95 bits per heavy atom. The van der Waals surface area contributed by atoms with E-state index in [2.05, 4.69) is 4.98 Å². The fraction of sp³-hybridized carbons (Fsp3) is 0.500. The summed E-state index contributed by atoms with van der Waals surface area (Å²) in [7, 11) is 0. The minimum atomic E-state index is 0.318. The standard InChI is InChI=1S/C14H17N3O2/c15-9-2-1-8(5-9)14-16-10-6-12-13(7-11(10)17-14)19-4-3-18-12/h6-9H,1-5,15H2,(H,16,17). The number of nitrogens with one attached hydrogen (secondary N) is 1. The molecule has 2 unspecified atom stereocenters. The molecule has 100 valence electrons. The van der Waals surface area contributed by atoms with E-state index in [-0.39, 0.29) is 0 Å². The van der Waals surface area contributed by atoms with Crippen LogP contribution in [0.15, 0.2) is 12.1 Å². The zero-order valence-electron chi connectivity index (χ0n) is 10.7. The molecule has 2 atom stereocenters. The summed E-state index contributed by atoms with van der Waals surface area (Å²) >= 11 is 0. The molecule has 19 heavy (non-hydrogen) atoms. The van der Waals surface area contributed by atoms with Gasteiger partial charge in [0.05, 0.1) is 11.0 Å². The van der Waals surface area contributed by atoms with Gasteiger partial charge in [-0.1, -0.05) is 0 Å². The molecule has 1 fully saturated rings. The summed E-state index contributed by atoms with van der Waals surface area (Å²) in [4.78, 5) is 8.10. The van der Waals surface area contributed by atoms with Gasteiger partial charge in [-0.05, 0) is 19.3 Å². The lowest BCUT2D eigenvalue weighted by atomic mass is 10.1. The molecule has 2 heterocycles. The molecule has 4 rings (SSSR count). The van der Waals surface area contributed by atoms with Crippen LogP contribution in [0.25, 0.3) is 11.0 Å². The van der Waals surface area contributed by atoms with Gasteiger partial charge < -0.3 is 20.2 Å². The number of hydrogen-bond acceptors (Lipinski definition) is 4. The van der Waals surface area contributed by atoms with Crippen molar-refractivity contribution in [3.8, 4) is 11.5 Å². The van der Waals surface area contributed by atoms with Crippen molar-refractivity contribution in [1.29, 1.82) is 0 Å². The monoisotopic (exact) mass is 259 g/mol. The first-order valence-corrected chi connectivity index (χ1v) is 6.84. The van der Waals surface area contributed by atoms with Gasteiger partial charge in [0.2, 0.25) is 0 Å². The van der Waals surface area contributed by atoms with E-state index < -0.39 is 0 Å². The second-order valence-electron chi connectivity index (χ2n) is 5.41. The highest BCUT2D eigenvalue weighted by Gasteiger charge is 2.26. The van der Waals surface area contributed by atoms with Crippen LogP contribution in [-0.4, -0.2) is 29.2 Å². The lowest BCUT2D eigenvalue weighted by Crippen LogP contribution is -2.15. The number of H-pyrrole nitrogens is 1. The molecule has 0 amide bonds. The molecular formula is C14H17N3O2. The molecule has 5 heteroatoms. The molecule has 5 nitrogen and oxygen atoms in total. The number of aromatic amines is 1. The van der Waals surface area contributed by atoms with Gasteiger partial charge in [0.1, 0.15) is 19.0 Å². The van der Waals surface area contributed by atoms with Crippen molar-refractivity contribution < 1.29 is 9.47 Å². The highest BCUT2D eigenvalue weighted by atomic mass is 16.6. The van der Waals surface area contributed by atoms with E-state index in [9.17, 15) is 0 Å². The summed E-state index contributed by atoms with van der Waals surface area (Å²) in [5.41, 5.74) is 7.93. The average molecular weight is 259 g/mol. The van der Waals surface area contributed by atoms with Crippen molar-refractivity contribution in [2.75, 3.05) is 13.2 Å². The van der Waals surface area contributed by atoms with E-state index in [0.29, 0.717) is 25.2 Å². The van der Waals surface area contributed by atoms with E-state index in [1.165, 1.54) is 0 Å². The Morgan fingerprint density at radius 1 is 1.16 bits per heavy atom. The fourth-order valence-corrected chi connectivity index (χ4v) is 3.02. The van der Waals surface area contributed by atoms with Crippen molar-refractivity contribution in [3.05, 3.63) is 18.0 Å². The number of fused-ring (bicyclic) bond motifs is 2. The molecule has 0 radical (unpaired) electrons. The minimum absolute atomic E-state index is 0.318. The lowest BCUT2D eigenvalue weighted by molar-refractivity contribution is 0.172. The highest BCUT2D eigenvalue weighted by Crippen LogP contribution is 2.37. The Morgan fingerprint density at radius 3 is 2.68 bits per heavy atom. The first-order chi connectivity index (χ1) is 9.29. The third kappa shape index (κ3) is 1.85. The Kier molecular flexibility index (Phi) is 2.41. The summed E-state index contributed by atoms with van der Waals surface area (Å²) in [6.07, 6.45) is 3.23. The normalized spacial score (nSPS) is 25.9. The van der Waals surface area contributed by atoms with Crippen LogP contribution < -0.4 is 15.2 Å². The molecule has 1 aromatic carbocycles. The summed E-state index contributed by atoms with van der Waals surface area (Å²) in [5.74, 6) is 3.10. The molecule has 0 bridgehead atoms. The Hall–Kier alpha value is -1.75. The second-order valence-corrected chi connectivity index (χ2v) is 5.41. The minimum Gasteiger partial charge on any atom is -0.486 e. The van der Waals surface area contributed by atoms with Gasteiger partial charge in [-0.3, -0.25) is 0 Å². The van der Waals surface area contributed by atoms with Gasteiger partial charge in [-0.15, -0.1) is 0 Å². The van der Waals surface area contributed by atoms with E-state index >= 15 is 0 Å². The molecule has 1 saturated carbocycles. The summed E-state index contributed by atoms with van der Waals surface area (Å²) in [6, 6.07) is 4.26. The van der Waals surface area contributed by atoms with Gasteiger partial charge in [-0.25, -0.2) is 4.98 Å². The third-order valence-electron chi connectivity index (χ3n) is 4.02. The SMILES string of the molecule is NC1CCC(c2nc3cc4c(cc3[nH]2)OCCO4)C1. The first-order valence-electron chi connectivity index (χ1n) is 6.84. The molecule has 0 saturated heterocycles.